The molecule has 2 aliphatic rings. The highest BCUT2D eigenvalue weighted by molar-refractivity contribution is 5.99. The summed E-state index contributed by atoms with van der Waals surface area (Å²) in [7, 11) is 0. The van der Waals surface area contributed by atoms with Gasteiger partial charge in [0.05, 0.1) is 5.92 Å². The van der Waals surface area contributed by atoms with E-state index in [1.165, 1.54) is 12.8 Å². The van der Waals surface area contributed by atoms with E-state index in [1.54, 1.807) is 0 Å². The second-order valence-electron chi connectivity index (χ2n) is 7.05. The standard InChI is InChI=1S/C21H23NO2/c23-20(16-7-3-1-4-8-16)19-15-22(18-11-12-18)14-13-21(19,24)17-9-5-2-6-10-17/h1-10,18-19,24H,11-15H2/t19-,21+/m0/s1. The molecule has 0 amide bonds. The van der Waals surface area contributed by atoms with Crippen LogP contribution < -0.4 is 0 Å². The molecule has 0 radical (unpaired) electrons. The Morgan fingerprint density at radius 2 is 1.62 bits per heavy atom. The molecule has 2 atom stereocenters. The molecule has 0 aromatic heterocycles. The number of piperidine rings is 1. The molecule has 0 bridgehead atoms. The number of rotatable bonds is 4. The third kappa shape index (κ3) is 2.79. The lowest BCUT2D eigenvalue weighted by Gasteiger charge is -2.44. The van der Waals surface area contributed by atoms with Crippen LogP contribution in [0.3, 0.4) is 0 Å². The fourth-order valence-electron chi connectivity index (χ4n) is 3.91. The Morgan fingerprint density at radius 3 is 2.25 bits per heavy atom. The number of Topliss-reactive ketones (excluding diaryl/α,β-unsaturated/α-hetero) is 1. The number of hydrogen-bond acceptors (Lipinski definition) is 3. The number of hydrogen-bond donors (Lipinski definition) is 1. The fourth-order valence-corrected chi connectivity index (χ4v) is 3.91. The zero-order valence-corrected chi connectivity index (χ0v) is 13.8. The van der Waals surface area contributed by atoms with E-state index >= 15 is 0 Å². The number of benzene rings is 2. The number of carbonyl (C=O) groups is 1. The number of carbonyl (C=O) groups excluding carboxylic acids is 1. The molecule has 124 valence electrons. The molecule has 1 heterocycles. The average molecular weight is 321 g/mol. The molecular weight excluding hydrogens is 298 g/mol. The number of likely N-dealkylation sites (tertiary alicyclic amines) is 1. The van der Waals surface area contributed by atoms with E-state index in [2.05, 4.69) is 4.90 Å². The predicted octanol–water partition coefficient (Wildman–Crippen LogP) is 3.24. The highest BCUT2D eigenvalue weighted by Crippen LogP contribution is 2.42. The van der Waals surface area contributed by atoms with Crippen LogP contribution in [0.4, 0.5) is 0 Å². The van der Waals surface area contributed by atoms with Crippen LogP contribution in [0.1, 0.15) is 35.2 Å². The molecular formula is C21H23NO2. The summed E-state index contributed by atoms with van der Waals surface area (Å²) in [5.74, 6) is -0.371. The van der Waals surface area contributed by atoms with E-state index in [9.17, 15) is 9.90 Å². The minimum atomic E-state index is -1.08. The second kappa shape index (κ2) is 6.15. The quantitative estimate of drug-likeness (QED) is 0.879. The van der Waals surface area contributed by atoms with Crippen molar-refractivity contribution >= 4 is 5.78 Å². The monoisotopic (exact) mass is 321 g/mol. The largest absolute Gasteiger partial charge is 0.384 e. The van der Waals surface area contributed by atoms with Crippen LogP contribution in [-0.2, 0) is 5.60 Å². The Labute approximate surface area is 142 Å². The Kier molecular flexibility index (Phi) is 3.99. The van der Waals surface area contributed by atoms with Crippen molar-refractivity contribution in [1.82, 2.24) is 4.90 Å². The van der Waals surface area contributed by atoms with Gasteiger partial charge in [-0.05, 0) is 24.8 Å². The van der Waals surface area contributed by atoms with Crippen molar-refractivity contribution in [3.05, 3.63) is 71.8 Å². The first kappa shape index (κ1) is 15.6. The average Bonchev–Trinajstić information content (AvgIpc) is 3.48. The number of nitrogens with zero attached hydrogens (tertiary/aromatic N) is 1. The molecule has 2 fully saturated rings. The van der Waals surface area contributed by atoms with Gasteiger partial charge in [-0.25, -0.2) is 0 Å². The summed E-state index contributed by atoms with van der Waals surface area (Å²) in [5, 5.41) is 11.5. The van der Waals surface area contributed by atoms with Crippen molar-refractivity contribution in [2.45, 2.75) is 30.9 Å². The van der Waals surface area contributed by atoms with Gasteiger partial charge in [-0.3, -0.25) is 9.69 Å². The molecule has 3 nitrogen and oxygen atoms in total. The Hall–Kier alpha value is -1.97. The molecule has 4 rings (SSSR count). The molecule has 1 aliphatic heterocycles. The molecule has 1 N–H and O–H groups in total. The fraction of sp³-hybridized carbons (Fsp3) is 0.381. The summed E-state index contributed by atoms with van der Waals surface area (Å²) in [6, 6.07) is 19.7. The Morgan fingerprint density at radius 1 is 1.00 bits per heavy atom. The third-order valence-electron chi connectivity index (χ3n) is 5.49. The highest BCUT2D eigenvalue weighted by Gasteiger charge is 2.48. The van der Waals surface area contributed by atoms with Crippen LogP contribution in [0.25, 0.3) is 0 Å². The van der Waals surface area contributed by atoms with E-state index in [4.69, 9.17) is 0 Å². The second-order valence-corrected chi connectivity index (χ2v) is 7.05. The van der Waals surface area contributed by atoms with Crippen LogP contribution in [0.15, 0.2) is 60.7 Å². The van der Waals surface area contributed by atoms with Crippen molar-refractivity contribution in [2.75, 3.05) is 13.1 Å². The van der Waals surface area contributed by atoms with Crippen molar-refractivity contribution < 1.29 is 9.90 Å². The Balaban J connectivity index is 1.70. The van der Waals surface area contributed by atoms with Crippen LogP contribution in [0, 0.1) is 5.92 Å². The first-order valence-electron chi connectivity index (χ1n) is 8.80. The van der Waals surface area contributed by atoms with Gasteiger partial charge in [-0.2, -0.15) is 0 Å². The van der Waals surface area contributed by atoms with Crippen molar-refractivity contribution in [2.24, 2.45) is 5.92 Å². The van der Waals surface area contributed by atoms with E-state index < -0.39 is 11.5 Å². The summed E-state index contributed by atoms with van der Waals surface area (Å²) in [6.45, 7) is 1.50. The SMILES string of the molecule is O=C(c1ccccc1)[C@@H]1CN(C2CC2)CC[C@@]1(O)c1ccccc1. The summed E-state index contributed by atoms with van der Waals surface area (Å²) >= 11 is 0. The van der Waals surface area contributed by atoms with Crippen molar-refractivity contribution in [3.63, 3.8) is 0 Å². The van der Waals surface area contributed by atoms with Gasteiger partial charge >= 0.3 is 0 Å². The lowest BCUT2D eigenvalue weighted by molar-refractivity contribution is -0.0658. The van der Waals surface area contributed by atoms with Gasteiger partial charge in [0.2, 0.25) is 0 Å². The maximum atomic E-state index is 13.2. The van der Waals surface area contributed by atoms with Crippen LogP contribution in [0.5, 0.6) is 0 Å². The maximum Gasteiger partial charge on any atom is 0.170 e. The van der Waals surface area contributed by atoms with Gasteiger partial charge < -0.3 is 5.11 Å². The van der Waals surface area contributed by atoms with Crippen LogP contribution in [0.2, 0.25) is 0 Å². The normalized spacial score (nSPS) is 27.8. The molecule has 2 aromatic carbocycles. The zero-order chi connectivity index (χ0) is 16.6. The molecule has 0 unspecified atom stereocenters. The zero-order valence-electron chi connectivity index (χ0n) is 13.8. The molecule has 0 spiro atoms. The molecule has 2 aromatic rings. The highest BCUT2D eigenvalue weighted by atomic mass is 16.3. The summed E-state index contributed by atoms with van der Waals surface area (Å²) in [6.07, 6.45) is 3.04. The smallest absolute Gasteiger partial charge is 0.170 e. The molecule has 24 heavy (non-hydrogen) atoms. The van der Waals surface area contributed by atoms with Crippen molar-refractivity contribution in [3.8, 4) is 0 Å². The third-order valence-corrected chi connectivity index (χ3v) is 5.49. The van der Waals surface area contributed by atoms with E-state index in [1.807, 2.05) is 60.7 Å². The number of ketones is 1. The summed E-state index contributed by atoms with van der Waals surface area (Å²) in [5.41, 5.74) is 0.462. The summed E-state index contributed by atoms with van der Waals surface area (Å²) < 4.78 is 0. The van der Waals surface area contributed by atoms with Crippen LogP contribution >= 0.6 is 0 Å². The van der Waals surface area contributed by atoms with Crippen molar-refractivity contribution in [1.29, 1.82) is 0 Å². The lowest BCUT2D eigenvalue weighted by Crippen LogP contribution is -2.53. The van der Waals surface area contributed by atoms with Gasteiger partial charge in [0, 0.05) is 24.7 Å². The predicted molar refractivity (Wildman–Crippen MR) is 93.8 cm³/mol. The number of aliphatic hydroxyl groups is 1. The lowest BCUT2D eigenvalue weighted by atomic mass is 9.72. The van der Waals surface area contributed by atoms with E-state index in [0.717, 1.165) is 12.1 Å². The molecule has 1 aliphatic carbocycles. The van der Waals surface area contributed by atoms with Gasteiger partial charge in [-0.1, -0.05) is 60.7 Å². The van der Waals surface area contributed by atoms with Gasteiger partial charge in [0.1, 0.15) is 5.60 Å². The van der Waals surface area contributed by atoms with Gasteiger partial charge in [-0.15, -0.1) is 0 Å². The van der Waals surface area contributed by atoms with Crippen LogP contribution in [-0.4, -0.2) is 34.9 Å². The van der Waals surface area contributed by atoms with E-state index in [-0.39, 0.29) is 5.78 Å². The van der Waals surface area contributed by atoms with Gasteiger partial charge in [0.15, 0.2) is 5.78 Å². The first-order valence-corrected chi connectivity index (χ1v) is 8.80. The Bertz CT molecular complexity index is 711. The van der Waals surface area contributed by atoms with Gasteiger partial charge in [0.25, 0.3) is 0 Å². The minimum absolute atomic E-state index is 0.0484. The topological polar surface area (TPSA) is 40.5 Å². The maximum absolute atomic E-state index is 13.2. The molecule has 1 saturated heterocycles. The minimum Gasteiger partial charge on any atom is -0.384 e. The molecule has 3 heteroatoms. The summed E-state index contributed by atoms with van der Waals surface area (Å²) in [4.78, 5) is 15.6. The van der Waals surface area contributed by atoms with E-state index in [0.29, 0.717) is 24.6 Å². The first-order chi connectivity index (χ1) is 11.7. The molecule has 1 saturated carbocycles.